The van der Waals surface area contributed by atoms with Gasteiger partial charge < -0.3 is 15.0 Å². The fourth-order valence-electron chi connectivity index (χ4n) is 1.73. The summed E-state index contributed by atoms with van der Waals surface area (Å²) < 4.78 is 1.86. The van der Waals surface area contributed by atoms with Crippen LogP contribution in [0.3, 0.4) is 0 Å². The molecule has 0 aliphatic rings. The molecule has 0 unspecified atom stereocenters. The highest BCUT2D eigenvalue weighted by atomic mass is 32.2. The number of hydrogen-bond donors (Lipinski definition) is 2. The van der Waals surface area contributed by atoms with E-state index in [0.29, 0.717) is 5.03 Å². The van der Waals surface area contributed by atoms with Crippen LogP contribution in [0.25, 0.3) is 11.0 Å². The molecule has 0 aliphatic carbocycles. The third-order valence-electron chi connectivity index (χ3n) is 2.67. The predicted octanol–water partition coefficient (Wildman–Crippen LogP) is 0.650. The molecule has 1 amide bonds. The van der Waals surface area contributed by atoms with Crippen molar-refractivity contribution in [2.24, 2.45) is 7.05 Å². The van der Waals surface area contributed by atoms with E-state index < -0.39 is 12.0 Å². The Balaban J connectivity index is 2.15. The van der Waals surface area contributed by atoms with Crippen molar-refractivity contribution in [2.75, 3.05) is 5.75 Å². The zero-order valence-corrected chi connectivity index (χ0v) is 11.8. The van der Waals surface area contributed by atoms with Gasteiger partial charge in [-0.1, -0.05) is 0 Å². The van der Waals surface area contributed by atoms with Crippen molar-refractivity contribution in [1.82, 2.24) is 19.9 Å². The zero-order valence-electron chi connectivity index (χ0n) is 11.0. The van der Waals surface area contributed by atoms with E-state index in [1.165, 1.54) is 18.7 Å². The van der Waals surface area contributed by atoms with Crippen LogP contribution in [0.1, 0.15) is 6.92 Å². The van der Waals surface area contributed by atoms with Crippen molar-refractivity contribution < 1.29 is 14.7 Å². The molecule has 2 aromatic rings. The topological polar surface area (TPSA) is 97.1 Å². The summed E-state index contributed by atoms with van der Waals surface area (Å²) in [6.07, 6.45) is 3.33. The van der Waals surface area contributed by atoms with Crippen molar-refractivity contribution in [3.8, 4) is 0 Å². The Morgan fingerprint density at radius 2 is 2.25 bits per heavy atom. The number of carboxylic acids is 1. The van der Waals surface area contributed by atoms with Crippen LogP contribution in [0.5, 0.6) is 0 Å². The molecule has 106 valence electrons. The van der Waals surface area contributed by atoms with Gasteiger partial charge >= 0.3 is 5.97 Å². The Labute approximate surface area is 119 Å². The molecule has 0 saturated heterocycles. The average Bonchev–Trinajstić information content (AvgIpc) is 2.76. The minimum Gasteiger partial charge on any atom is -0.480 e. The predicted molar refractivity (Wildman–Crippen MR) is 74.5 cm³/mol. The van der Waals surface area contributed by atoms with Crippen LogP contribution in [-0.2, 0) is 16.6 Å². The molecule has 8 heteroatoms. The van der Waals surface area contributed by atoms with Gasteiger partial charge in [-0.05, 0) is 6.07 Å². The van der Waals surface area contributed by atoms with Gasteiger partial charge in [-0.2, -0.15) is 0 Å². The minimum atomic E-state index is -1.07. The smallest absolute Gasteiger partial charge is 0.327 e. The van der Waals surface area contributed by atoms with Crippen LogP contribution in [0.2, 0.25) is 0 Å². The highest BCUT2D eigenvalue weighted by Gasteiger charge is 2.19. The third-order valence-corrected chi connectivity index (χ3v) is 3.74. The fourth-order valence-corrected chi connectivity index (χ4v) is 2.71. The van der Waals surface area contributed by atoms with Gasteiger partial charge in [-0.3, -0.25) is 4.79 Å². The normalized spacial score (nSPS) is 12.3. The molecule has 2 heterocycles. The number of imidazole rings is 1. The molecule has 20 heavy (non-hydrogen) atoms. The van der Waals surface area contributed by atoms with Crippen LogP contribution < -0.4 is 5.32 Å². The molecule has 1 atom stereocenters. The van der Waals surface area contributed by atoms with Crippen molar-refractivity contribution >= 4 is 34.7 Å². The highest BCUT2D eigenvalue weighted by molar-refractivity contribution is 7.99. The number of amides is 1. The summed E-state index contributed by atoms with van der Waals surface area (Å²) in [6.45, 7) is 1.29. The van der Waals surface area contributed by atoms with Gasteiger partial charge in [0.25, 0.3) is 0 Å². The molecule has 7 nitrogen and oxygen atoms in total. The van der Waals surface area contributed by atoms with Crippen LogP contribution in [-0.4, -0.2) is 43.3 Å². The van der Waals surface area contributed by atoms with E-state index in [-0.39, 0.29) is 11.7 Å². The van der Waals surface area contributed by atoms with E-state index in [4.69, 9.17) is 5.11 Å². The molecule has 2 rings (SSSR count). The molecular weight excluding hydrogens is 280 g/mol. The molecule has 0 spiro atoms. The molecule has 0 fully saturated rings. The van der Waals surface area contributed by atoms with Gasteiger partial charge in [0.2, 0.25) is 5.91 Å². The van der Waals surface area contributed by atoms with Crippen LogP contribution >= 0.6 is 11.8 Å². The molecule has 2 aromatic heterocycles. The molecule has 0 saturated carbocycles. The summed E-state index contributed by atoms with van der Waals surface area (Å²) in [5.74, 6) is -1.25. The second kappa shape index (κ2) is 5.91. The quantitative estimate of drug-likeness (QED) is 0.786. The minimum absolute atomic E-state index is 0.192. The number of aliphatic carboxylic acids is 1. The van der Waals surface area contributed by atoms with Crippen molar-refractivity contribution in [3.05, 3.63) is 18.6 Å². The lowest BCUT2D eigenvalue weighted by atomic mass is 10.3. The number of hydrogen-bond acceptors (Lipinski definition) is 5. The summed E-state index contributed by atoms with van der Waals surface area (Å²) in [5.41, 5.74) is 1.65. The Hall–Kier alpha value is -2.09. The first kappa shape index (κ1) is 14.3. The maximum absolute atomic E-state index is 11.1. The number of aryl methyl sites for hydroxylation is 1. The molecule has 2 N–H and O–H groups in total. The Morgan fingerprint density at radius 1 is 1.50 bits per heavy atom. The zero-order chi connectivity index (χ0) is 14.7. The van der Waals surface area contributed by atoms with Gasteiger partial charge in [0.1, 0.15) is 16.6 Å². The lowest BCUT2D eigenvalue weighted by Gasteiger charge is -2.12. The van der Waals surface area contributed by atoms with E-state index in [0.717, 1.165) is 11.0 Å². The lowest BCUT2D eigenvalue weighted by molar-refractivity contribution is -0.140. The maximum Gasteiger partial charge on any atom is 0.327 e. The highest BCUT2D eigenvalue weighted by Crippen LogP contribution is 2.24. The summed E-state index contributed by atoms with van der Waals surface area (Å²) >= 11 is 1.26. The number of thioether (sulfide) groups is 1. The van der Waals surface area contributed by atoms with Gasteiger partial charge in [0.05, 0.1) is 11.8 Å². The van der Waals surface area contributed by atoms with Crippen molar-refractivity contribution in [3.63, 3.8) is 0 Å². The first-order chi connectivity index (χ1) is 9.49. The SMILES string of the molecule is CC(=O)N[C@@H](CSc1nccc2c1ncn2C)C(=O)O. The Morgan fingerprint density at radius 3 is 2.90 bits per heavy atom. The second-order valence-corrected chi connectivity index (χ2v) is 5.25. The second-order valence-electron chi connectivity index (χ2n) is 4.24. The monoisotopic (exact) mass is 294 g/mol. The average molecular weight is 294 g/mol. The number of carbonyl (C=O) groups excluding carboxylic acids is 1. The van der Waals surface area contributed by atoms with Crippen molar-refractivity contribution in [2.45, 2.75) is 18.0 Å². The molecule has 0 bridgehead atoms. The summed E-state index contributed by atoms with van der Waals surface area (Å²) in [4.78, 5) is 30.5. The van der Waals surface area contributed by atoms with Gasteiger partial charge in [-0.15, -0.1) is 11.8 Å². The molecular formula is C12H14N4O3S. The standard InChI is InChI=1S/C12H14N4O3S/c1-7(17)15-8(12(18)19)5-20-11-10-9(3-4-13-11)16(2)6-14-10/h3-4,6,8H,5H2,1-2H3,(H,15,17)(H,18,19)/t8-/m0/s1. The number of fused-ring (bicyclic) bond motifs is 1. The van der Waals surface area contributed by atoms with Crippen LogP contribution in [0.4, 0.5) is 0 Å². The van der Waals surface area contributed by atoms with Gasteiger partial charge in [0.15, 0.2) is 0 Å². The fraction of sp³-hybridized carbons (Fsp3) is 0.333. The molecule has 0 aromatic carbocycles. The van der Waals surface area contributed by atoms with E-state index in [1.54, 1.807) is 12.5 Å². The number of nitrogens with one attached hydrogen (secondary N) is 1. The number of rotatable bonds is 5. The van der Waals surface area contributed by atoms with Gasteiger partial charge in [0, 0.05) is 25.9 Å². The van der Waals surface area contributed by atoms with E-state index in [2.05, 4.69) is 15.3 Å². The number of aromatic nitrogens is 3. The maximum atomic E-state index is 11.1. The van der Waals surface area contributed by atoms with E-state index >= 15 is 0 Å². The number of pyridine rings is 1. The van der Waals surface area contributed by atoms with Crippen molar-refractivity contribution in [1.29, 1.82) is 0 Å². The first-order valence-electron chi connectivity index (χ1n) is 5.87. The summed E-state index contributed by atoms with van der Waals surface area (Å²) in [6, 6.07) is 0.896. The third kappa shape index (κ3) is 3.08. The number of carbonyl (C=O) groups is 2. The molecule has 0 aliphatic heterocycles. The Bertz CT molecular complexity index is 655. The Kier molecular flexibility index (Phi) is 4.23. The van der Waals surface area contributed by atoms with Crippen LogP contribution in [0, 0.1) is 0 Å². The lowest BCUT2D eigenvalue weighted by Crippen LogP contribution is -2.41. The number of carboxylic acid groups (broad SMARTS) is 1. The molecule has 0 radical (unpaired) electrons. The summed E-state index contributed by atoms with van der Waals surface area (Å²) in [7, 11) is 1.88. The first-order valence-corrected chi connectivity index (χ1v) is 6.86. The van der Waals surface area contributed by atoms with E-state index in [1.807, 2.05) is 17.7 Å². The summed E-state index contributed by atoms with van der Waals surface area (Å²) in [5, 5.41) is 12.1. The van der Waals surface area contributed by atoms with E-state index in [9.17, 15) is 9.59 Å². The van der Waals surface area contributed by atoms with Gasteiger partial charge in [-0.25, -0.2) is 14.8 Å². The van der Waals surface area contributed by atoms with Crippen LogP contribution in [0.15, 0.2) is 23.6 Å². The number of nitrogens with zero attached hydrogens (tertiary/aromatic N) is 3. The largest absolute Gasteiger partial charge is 0.480 e.